The van der Waals surface area contributed by atoms with Gasteiger partial charge in [0.2, 0.25) is 0 Å². The van der Waals surface area contributed by atoms with Gasteiger partial charge < -0.3 is 19.5 Å². The molecule has 1 aromatic rings. The Kier molecular flexibility index (Phi) is 8.87. The maximum atomic E-state index is 12.5. The number of hydrazine groups is 1. The molecular weight excluding hydrogens is 338 g/mol. The van der Waals surface area contributed by atoms with E-state index in [4.69, 9.17) is 14.2 Å². The van der Waals surface area contributed by atoms with E-state index in [-0.39, 0.29) is 19.2 Å². The highest BCUT2D eigenvalue weighted by Crippen LogP contribution is 2.09. The van der Waals surface area contributed by atoms with Gasteiger partial charge in [-0.3, -0.25) is 0 Å². The summed E-state index contributed by atoms with van der Waals surface area (Å²) >= 11 is 0. The third-order valence-electron chi connectivity index (χ3n) is 4.10. The minimum atomic E-state index is -0.954. The van der Waals surface area contributed by atoms with Crippen molar-refractivity contribution in [3.8, 4) is 0 Å². The maximum absolute atomic E-state index is 12.5. The summed E-state index contributed by atoms with van der Waals surface area (Å²) in [6, 6.07) is 8.60. The van der Waals surface area contributed by atoms with Crippen LogP contribution >= 0.6 is 0 Å². The van der Waals surface area contributed by atoms with E-state index in [0.29, 0.717) is 6.42 Å². The zero-order valence-corrected chi connectivity index (χ0v) is 16.1. The minimum absolute atomic E-state index is 0.118. The molecule has 8 heteroatoms. The number of amides is 3. The van der Waals surface area contributed by atoms with E-state index in [1.165, 1.54) is 19.2 Å². The van der Waals surface area contributed by atoms with E-state index in [2.05, 4.69) is 10.7 Å². The van der Waals surface area contributed by atoms with Crippen molar-refractivity contribution in [2.75, 3.05) is 20.8 Å². The van der Waals surface area contributed by atoms with Crippen LogP contribution in [0.25, 0.3) is 0 Å². The molecule has 0 aliphatic heterocycles. The number of hydrogen-bond donors (Lipinski definition) is 2. The van der Waals surface area contributed by atoms with Crippen LogP contribution in [-0.4, -0.2) is 49.7 Å². The molecule has 1 aromatic carbocycles. The second kappa shape index (κ2) is 10.6. The van der Waals surface area contributed by atoms with Gasteiger partial charge in [0.05, 0.1) is 12.6 Å². The number of urea groups is 1. The average Bonchev–Trinajstić information content (AvgIpc) is 2.68. The molecule has 0 aromatic heterocycles. The summed E-state index contributed by atoms with van der Waals surface area (Å²) in [7, 11) is 2.97. The lowest BCUT2D eigenvalue weighted by Crippen LogP contribution is -2.57. The molecule has 1 rings (SSSR count). The molecule has 3 amide bonds. The molecule has 0 radical (unpaired) electrons. The Balaban J connectivity index is 2.62. The van der Waals surface area contributed by atoms with E-state index >= 15 is 0 Å². The van der Waals surface area contributed by atoms with E-state index in [9.17, 15) is 9.59 Å². The van der Waals surface area contributed by atoms with Crippen molar-refractivity contribution in [1.82, 2.24) is 15.8 Å². The van der Waals surface area contributed by atoms with Crippen molar-refractivity contribution >= 4 is 12.1 Å². The van der Waals surface area contributed by atoms with E-state index in [1.54, 1.807) is 6.92 Å². The van der Waals surface area contributed by atoms with Crippen molar-refractivity contribution in [2.24, 2.45) is 0 Å². The second-order valence-electron chi connectivity index (χ2n) is 6.00. The van der Waals surface area contributed by atoms with Crippen LogP contribution in [0.15, 0.2) is 30.3 Å². The second-order valence-corrected chi connectivity index (χ2v) is 6.00. The van der Waals surface area contributed by atoms with Crippen LogP contribution in [0.1, 0.15) is 32.8 Å². The monoisotopic (exact) mass is 367 g/mol. The molecule has 0 bridgehead atoms. The van der Waals surface area contributed by atoms with Crippen LogP contribution in [0.2, 0.25) is 0 Å². The van der Waals surface area contributed by atoms with Crippen molar-refractivity contribution in [3.05, 3.63) is 35.9 Å². The quantitative estimate of drug-likeness (QED) is 0.545. The number of nitrogens with one attached hydrogen (secondary N) is 2. The van der Waals surface area contributed by atoms with Crippen molar-refractivity contribution < 1.29 is 23.8 Å². The third-order valence-corrected chi connectivity index (χ3v) is 4.10. The first kappa shape index (κ1) is 21.7. The van der Waals surface area contributed by atoms with E-state index in [1.807, 2.05) is 44.2 Å². The topological polar surface area (TPSA) is 89.1 Å². The Bertz CT molecular complexity index is 563. The van der Waals surface area contributed by atoms with Gasteiger partial charge >= 0.3 is 12.1 Å². The fraction of sp³-hybridized carbons (Fsp3) is 0.556. The number of hydrogen-bond acceptors (Lipinski definition) is 5. The number of ether oxygens (including phenoxy) is 3. The van der Waals surface area contributed by atoms with Gasteiger partial charge in [0.25, 0.3) is 0 Å². The highest BCUT2D eigenvalue weighted by molar-refractivity contribution is 5.78. The molecule has 0 fully saturated rings. The van der Waals surface area contributed by atoms with Crippen LogP contribution in [-0.2, 0) is 20.8 Å². The molecule has 0 aliphatic carbocycles. The molecule has 0 saturated carbocycles. The lowest BCUT2D eigenvalue weighted by molar-refractivity contribution is -0.188. The Morgan fingerprint density at radius 2 is 1.81 bits per heavy atom. The molecule has 0 saturated heterocycles. The maximum Gasteiger partial charge on any atom is 0.426 e. The number of rotatable bonds is 8. The Labute approximate surface area is 154 Å². The van der Waals surface area contributed by atoms with Crippen molar-refractivity contribution in [1.29, 1.82) is 0 Å². The highest BCUT2D eigenvalue weighted by Gasteiger charge is 2.27. The first-order valence-corrected chi connectivity index (χ1v) is 8.50. The fourth-order valence-electron chi connectivity index (χ4n) is 1.95. The van der Waals surface area contributed by atoms with Crippen LogP contribution in [0.5, 0.6) is 0 Å². The molecule has 0 heterocycles. The number of methoxy groups -OCH3 is 2. The number of carbonyl (C=O) groups is 2. The molecule has 8 nitrogen and oxygen atoms in total. The van der Waals surface area contributed by atoms with E-state index in [0.717, 1.165) is 5.56 Å². The minimum Gasteiger partial charge on any atom is -0.443 e. The summed E-state index contributed by atoms with van der Waals surface area (Å²) in [4.78, 5) is 24.5. The van der Waals surface area contributed by atoms with Gasteiger partial charge in [-0.15, -0.1) is 0 Å². The zero-order valence-electron chi connectivity index (χ0n) is 16.1. The Morgan fingerprint density at radius 3 is 2.35 bits per heavy atom. The summed E-state index contributed by atoms with van der Waals surface area (Å²) in [5, 5.41) is 3.89. The molecular formula is C18H29N3O5. The SMILES string of the molecule is CCC(C)N(NC(=O)OCc1ccccc1)C(=O)NCC(C)(OC)OC. The third kappa shape index (κ3) is 6.89. The highest BCUT2D eigenvalue weighted by atomic mass is 16.7. The van der Waals surface area contributed by atoms with Gasteiger partial charge in [-0.2, -0.15) is 0 Å². The van der Waals surface area contributed by atoms with Crippen molar-refractivity contribution in [2.45, 2.75) is 45.6 Å². The fourth-order valence-corrected chi connectivity index (χ4v) is 1.95. The Morgan fingerprint density at radius 1 is 1.19 bits per heavy atom. The van der Waals surface area contributed by atoms with Gasteiger partial charge in [-0.1, -0.05) is 37.3 Å². The largest absolute Gasteiger partial charge is 0.443 e. The number of carbonyl (C=O) groups excluding carboxylic acids is 2. The molecule has 2 N–H and O–H groups in total. The summed E-state index contributed by atoms with van der Waals surface area (Å²) < 4.78 is 15.6. The van der Waals surface area contributed by atoms with Crippen LogP contribution in [0, 0.1) is 0 Å². The standard InChI is InChI=1S/C18H29N3O5/c1-6-14(2)21(16(22)19-13-18(3,24-4)25-5)20-17(23)26-12-15-10-8-7-9-11-15/h7-11,14H,6,12-13H2,1-5H3,(H,19,22)(H,20,23). The summed E-state index contributed by atoms with van der Waals surface area (Å²) in [6.45, 7) is 5.67. The van der Waals surface area contributed by atoms with Gasteiger partial charge in [-0.05, 0) is 25.8 Å². The smallest absolute Gasteiger partial charge is 0.426 e. The first-order chi connectivity index (χ1) is 12.3. The van der Waals surface area contributed by atoms with Crippen LogP contribution < -0.4 is 10.7 Å². The van der Waals surface area contributed by atoms with E-state index < -0.39 is 17.9 Å². The molecule has 146 valence electrons. The Hall–Kier alpha value is -2.32. The lowest BCUT2D eigenvalue weighted by atomic mass is 10.2. The first-order valence-electron chi connectivity index (χ1n) is 8.50. The summed E-state index contributed by atoms with van der Waals surface area (Å²) in [5.41, 5.74) is 3.35. The van der Waals surface area contributed by atoms with Gasteiger partial charge in [0.15, 0.2) is 5.79 Å². The van der Waals surface area contributed by atoms with Gasteiger partial charge in [0, 0.05) is 14.2 Å². The predicted molar refractivity (Wildman–Crippen MR) is 97.2 cm³/mol. The van der Waals surface area contributed by atoms with Crippen LogP contribution in [0.3, 0.4) is 0 Å². The normalized spacial score (nSPS) is 12.2. The zero-order chi connectivity index (χ0) is 19.6. The van der Waals surface area contributed by atoms with Crippen molar-refractivity contribution in [3.63, 3.8) is 0 Å². The molecule has 0 spiro atoms. The average molecular weight is 367 g/mol. The summed E-state index contributed by atoms with van der Waals surface area (Å²) in [5.74, 6) is -0.954. The summed E-state index contributed by atoms with van der Waals surface area (Å²) in [6.07, 6.45) is -0.0522. The number of nitrogens with zero attached hydrogens (tertiary/aromatic N) is 1. The molecule has 1 unspecified atom stereocenters. The lowest BCUT2D eigenvalue weighted by Gasteiger charge is -2.31. The molecule has 1 atom stereocenters. The molecule has 26 heavy (non-hydrogen) atoms. The van der Waals surface area contributed by atoms with Gasteiger partial charge in [-0.25, -0.2) is 20.0 Å². The molecule has 0 aliphatic rings. The number of benzene rings is 1. The van der Waals surface area contributed by atoms with Crippen LogP contribution in [0.4, 0.5) is 9.59 Å². The van der Waals surface area contributed by atoms with Gasteiger partial charge in [0.1, 0.15) is 6.61 Å². The predicted octanol–water partition coefficient (Wildman–Crippen LogP) is 2.65.